The Balaban J connectivity index is 1.83. The van der Waals surface area contributed by atoms with Gasteiger partial charge in [0.25, 0.3) is 11.8 Å². The number of carbonyl (C=O) groups is 2. The van der Waals surface area contributed by atoms with E-state index in [9.17, 15) is 9.59 Å². The van der Waals surface area contributed by atoms with E-state index in [1.54, 1.807) is 19.2 Å². The van der Waals surface area contributed by atoms with Crippen LogP contribution in [0, 0.1) is 6.92 Å². The lowest BCUT2D eigenvalue weighted by molar-refractivity contribution is -0.120. The number of imide groups is 1. The molecule has 0 unspecified atom stereocenters. The molecule has 0 saturated heterocycles. The van der Waals surface area contributed by atoms with E-state index in [1.807, 2.05) is 60.8 Å². The van der Waals surface area contributed by atoms with Crippen LogP contribution in [0.5, 0.6) is 5.75 Å². The van der Waals surface area contributed by atoms with E-state index in [-0.39, 0.29) is 17.5 Å². The average Bonchev–Trinajstić information content (AvgIpc) is 3.30. The van der Waals surface area contributed by atoms with Gasteiger partial charge in [0.2, 0.25) is 0 Å². The van der Waals surface area contributed by atoms with Gasteiger partial charge in [0, 0.05) is 4.88 Å². The number of anilines is 2. The molecule has 2 amide bonds. The number of hydrogen-bond donors (Lipinski definition) is 1. The van der Waals surface area contributed by atoms with E-state index >= 15 is 0 Å². The zero-order chi connectivity index (χ0) is 19.7. The van der Waals surface area contributed by atoms with Gasteiger partial charge in [-0.2, -0.15) is 0 Å². The standard InChI is InChI=1S/C22H18N2O3S/c1-14-8-3-5-10-16(14)24-21(25)19(18-12-7-13-28-18)20(22(24)26)23-15-9-4-6-11-17(15)27-2/h3-13,23H,1-2H3. The lowest BCUT2D eigenvalue weighted by atomic mass is 10.1. The summed E-state index contributed by atoms with van der Waals surface area (Å²) in [6.07, 6.45) is 0. The third kappa shape index (κ3) is 2.97. The molecule has 0 atom stereocenters. The molecule has 28 heavy (non-hydrogen) atoms. The highest BCUT2D eigenvalue weighted by Crippen LogP contribution is 2.37. The first-order valence-corrected chi connectivity index (χ1v) is 9.62. The first-order chi connectivity index (χ1) is 13.6. The number of nitrogens with one attached hydrogen (secondary N) is 1. The predicted octanol–water partition coefficient (Wildman–Crippen LogP) is 4.46. The molecular formula is C22H18N2O3S. The second-order valence-electron chi connectivity index (χ2n) is 6.28. The molecule has 0 fully saturated rings. The van der Waals surface area contributed by atoms with Gasteiger partial charge in [-0.05, 0) is 42.1 Å². The van der Waals surface area contributed by atoms with E-state index in [2.05, 4.69) is 5.32 Å². The van der Waals surface area contributed by atoms with Gasteiger partial charge in [-0.15, -0.1) is 11.3 Å². The number of rotatable bonds is 5. The van der Waals surface area contributed by atoms with E-state index in [0.29, 0.717) is 22.7 Å². The second kappa shape index (κ2) is 7.32. The Morgan fingerprint density at radius 3 is 2.39 bits per heavy atom. The van der Waals surface area contributed by atoms with Gasteiger partial charge in [0.05, 0.1) is 24.1 Å². The quantitative estimate of drug-likeness (QED) is 0.654. The maximum Gasteiger partial charge on any atom is 0.282 e. The maximum absolute atomic E-state index is 13.3. The van der Waals surface area contributed by atoms with Crippen LogP contribution in [0.1, 0.15) is 10.4 Å². The van der Waals surface area contributed by atoms with Crippen LogP contribution in [0.4, 0.5) is 11.4 Å². The highest BCUT2D eigenvalue weighted by molar-refractivity contribution is 7.11. The van der Waals surface area contributed by atoms with Crippen LogP contribution < -0.4 is 15.0 Å². The molecule has 0 bridgehead atoms. The number of methoxy groups -OCH3 is 1. The number of hydrogen-bond acceptors (Lipinski definition) is 5. The average molecular weight is 390 g/mol. The van der Waals surface area contributed by atoms with Crippen molar-refractivity contribution in [2.24, 2.45) is 0 Å². The highest BCUT2D eigenvalue weighted by atomic mass is 32.1. The van der Waals surface area contributed by atoms with Crippen molar-refractivity contribution in [2.75, 3.05) is 17.3 Å². The summed E-state index contributed by atoms with van der Waals surface area (Å²) in [5.41, 5.74) is 2.69. The fourth-order valence-corrected chi connectivity index (χ4v) is 3.98. The Morgan fingerprint density at radius 2 is 1.68 bits per heavy atom. The van der Waals surface area contributed by atoms with Crippen molar-refractivity contribution >= 4 is 40.1 Å². The van der Waals surface area contributed by atoms with Gasteiger partial charge in [0.1, 0.15) is 11.4 Å². The number of para-hydroxylation sites is 3. The Kier molecular flexibility index (Phi) is 4.71. The minimum absolute atomic E-state index is 0.250. The van der Waals surface area contributed by atoms with Crippen molar-refractivity contribution < 1.29 is 14.3 Å². The summed E-state index contributed by atoms with van der Waals surface area (Å²) in [7, 11) is 1.57. The first kappa shape index (κ1) is 18.0. The van der Waals surface area contributed by atoms with Crippen LogP contribution in [-0.4, -0.2) is 18.9 Å². The third-order valence-electron chi connectivity index (χ3n) is 4.57. The molecule has 140 valence electrons. The van der Waals surface area contributed by atoms with Crippen LogP contribution in [0.2, 0.25) is 0 Å². The molecule has 6 heteroatoms. The summed E-state index contributed by atoms with van der Waals surface area (Å²) in [5.74, 6) is -0.122. The molecular weight excluding hydrogens is 372 g/mol. The topological polar surface area (TPSA) is 58.6 Å². The predicted molar refractivity (Wildman–Crippen MR) is 112 cm³/mol. The number of aryl methyl sites for hydroxylation is 1. The molecule has 0 aliphatic carbocycles. The summed E-state index contributed by atoms with van der Waals surface area (Å²) in [6, 6.07) is 18.4. The molecule has 2 aromatic carbocycles. The van der Waals surface area contributed by atoms with Crippen molar-refractivity contribution in [2.45, 2.75) is 6.92 Å². The van der Waals surface area contributed by atoms with Crippen molar-refractivity contribution in [3.05, 3.63) is 82.2 Å². The minimum atomic E-state index is -0.381. The van der Waals surface area contributed by atoms with Gasteiger partial charge in [-0.3, -0.25) is 9.59 Å². The first-order valence-electron chi connectivity index (χ1n) is 8.74. The molecule has 1 aliphatic rings. The molecule has 3 aromatic rings. The van der Waals surface area contributed by atoms with E-state index in [0.717, 1.165) is 10.4 Å². The summed E-state index contributed by atoms with van der Waals surface area (Å²) in [4.78, 5) is 28.6. The highest BCUT2D eigenvalue weighted by Gasteiger charge is 2.41. The lowest BCUT2D eigenvalue weighted by Gasteiger charge is -2.17. The monoisotopic (exact) mass is 390 g/mol. The molecule has 0 spiro atoms. The molecule has 2 heterocycles. The van der Waals surface area contributed by atoms with E-state index in [1.165, 1.54) is 16.2 Å². The van der Waals surface area contributed by atoms with Gasteiger partial charge in [-0.25, -0.2) is 4.90 Å². The number of thiophene rings is 1. The molecule has 5 nitrogen and oxygen atoms in total. The Hall–Kier alpha value is -3.38. The molecule has 1 aliphatic heterocycles. The number of carbonyl (C=O) groups excluding carboxylic acids is 2. The van der Waals surface area contributed by atoms with Gasteiger partial charge >= 0.3 is 0 Å². The Morgan fingerprint density at radius 1 is 0.929 bits per heavy atom. The van der Waals surface area contributed by atoms with Crippen molar-refractivity contribution in [3.8, 4) is 5.75 Å². The van der Waals surface area contributed by atoms with Crippen LogP contribution in [0.15, 0.2) is 71.7 Å². The molecule has 1 N–H and O–H groups in total. The zero-order valence-electron chi connectivity index (χ0n) is 15.4. The molecule has 0 radical (unpaired) electrons. The Labute approximate surface area is 166 Å². The molecule has 4 rings (SSSR count). The molecule has 1 aromatic heterocycles. The largest absolute Gasteiger partial charge is 0.495 e. The number of ether oxygens (including phenoxy) is 1. The van der Waals surface area contributed by atoms with Crippen molar-refractivity contribution in [3.63, 3.8) is 0 Å². The Bertz CT molecular complexity index is 1090. The van der Waals surface area contributed by atoms with Crippen LogP contribution >= 0.6 is 11.3 Å². The van der Waals surface area contributed by atoms with Crippen LogP contribution in [0.3, 0.4) is 0 Å². The number of nitrogens with zero attached hydrogens (tertiary/aromatic N) is 1. The summed E-state index contributed by atoms with van der Waals surface area (Å²) >= 11 is 1.42. The van der Waals surface area contributed by atoms with E-state index < -0.39 is 0 Å². The normalized spacial score (nSPS) is 14.0. The molecule has 0 saturated carbocycles. The summed E-state index contributed by atoms with van der Waals surface area (Å²) in [6.45, 7) is 1.88. The van der Waals surface area contributed by atoms with Crippen LogP contribution in [-0.2, 0) is 9.59 Å². The second-order valence-corrected chi connectivity index (χ2v) is 7.23. The fourth-order valence-electron chi connectivity index (χ4n) is 3.21. The number of benzene rings is 2. The third-order valence-corrected chi connectivity index (χ3v) is 5.46. The van der Waals surface area contributed by atoms with E-state index in [4.69, 9.17) is 4.74 Å². The van der Waals surface area contributed by atoms with Gasteiger partial charge in [0.15, 0.2) is 0 Å². The smallest absolute Gasteiger partial charge is 0.282 e. The van der Waals surface area contributed by atoms with Crippen molar-refractivity contribution in [1.82, 2.24) is 0 Å². The summed E-state index contributed by atoms with van der Waals surface area (Å²) < 4.78 is 5.38. The van der Waals surface area contributed by atoms with Gasteiger partial charge in [-0.1, -0.05) is 36.4 Å². The summed E-state index contributed by atoms with van der Waals surface area (Å²) in [5, 5.41) is 5.03. The van der Waals surface area contributed by atoms with Crippen molar-refractivity contribution in [1.29, 1.82) is 0 Å². The lowest BCUT2D eigenvalue weighted by Crippen LogP contribution is -2.32. The van der Waals surface area contributed by atoms with Gasteiger partial charge < -0.3 is 10.1 Å². The SMILES string of the molecule is COc1ccccc1NC1=C(c2cccs2)C(=O)N(c2ccccc2C)C1=O. The number of amides is 2. The zero-order valence-corrected chi connectivity index (χ0v) is 16.2. The fraction of sp³-hybridized carbons (Fsp3) is 0.0909. The minimum Gasteiger partial charge on any atom is -0.495 e. The van der Waals surface area contributed by atoms with Crippen LogP contribution in [0.25, 0.3) is 5.57 Å². The maximum atomic E-state index is 13.3.